The summed E-state index contributed by atoms with van der Waals surface area (Å²) in [5.74, 6) is -1.24. The topological polar surface area (TPSA) is 91.4 Å². The van der Waals surface area contributed by atoms with Gasteiger partial charge in [0.1, 0.15) is 12.6 Å². The Morgan fingerprint density at radius 3 is 2.32 bits per heavy atom. The van der Waals surface area contributed by atoms with E-state index in [2.05, 4.69) is 22.4 Å². The second-order valence-corrected chi connectivity index (χ2v) is 8.92. The Morgan fingerprint density at radius 1 is 1.06 bits per heavy atom. The van der Waals surface area contributed by atoms with Crippen LogP contribution in [0.1, 0.15) is 28.3 Å². The van der Waals surface area contributed by atoms with E-state index in [4.69, 9.17) is 16.3 Å². The third-order valence-corrected chi connectivity index (χ3v) is 6.69. The maximum Gasteiger partial charge on any atom is 0.407 e. The maximum atomic E-state index is 12.6. The summed E-state index contributed by atoms with van der Waals surface area (Å²) in [7, 11) is 0. The monoisotopic (exact) mass is 474 g/mol. The highest BCUT2D eigenvalue weighted by Crippen LogP contribution is 2.44. The van der Waals surface area contributed by atoms with Gasteiger partial charge in [-0.25, -0.2) is 9.59 Å². The normalized spacial score (nSPS) is 13.4. The van der Waals surface area contributed by atoms with Crippen LogP contribution in [0.15, 0.2) is 66.7 Å². The number of hydrogen-bond donors (Lipinski definition) is 3. The maximum absolute atomic E-state index is 12.6. The van der Waals surface area contributed by atoms with Crippen LogP contribution in [-0.2, 0) is 16.0 Å². The van der Waals surface area contributed by atoms with Crippen LogP contribution in [0.25, 0.3) is 22.0 Å². The first-order valence-corrected chi connectivity index (χ1v) is 11.4. The number of aryl methyl sites for hydroxylation is 1. The molecule has 1 aliphatic rings. The summed E-state index contributed by atoms with van der Waals surface area (Å²) in [6, 6.07) is 20.5. The van der Waals surface area contributed by atoms with Gasteiger partial charge in [-0.1, -0.05) is 66.2 Å². The van der Waals surface area contributed by atoms with Crippen molar-refractivity contribution in [3.05, 3.63) is 94.1 Å². The fourth-order valence-electron chi connectivity index (χ4n) is 4.69. The van der Waals surface area contributed by atoms with E-state index in [9.17, 15) is 14.7 Å². The van der Waals surface area contributed by atoms with Crippen LogP contribution in [-0.4, -0.2) is 34.8 Å². The number of fused-ring (bicyclic) bond motifs is 4. The van der Waals surface area contributed by atoms with Gasteiger partial charge in [0, 0.05) is 28.4 Å². The molecular weight excluding hydrogens is 452 g/mol. The number of nitrogens with one attached hydrogen (secondary N) is 2. The van der Waals surface area contributed by atoms with Crippen molar-refractivity contribution in [3.63, 3.8) is 0 Å². The number of carbonyl (C=O) groups excluding carboxylic acids is 1. The van der Waals surface area contributed by atoms with Gasteiger partial charge < -0.3 is 20.1 Å². The van der Waals surface area contributed by atoms with Crippen molar-refractivity contribution in [2.75, 3.05) is 6.61 Å². The fraction of sp³-hybridized carbons (Fsp3) is 0.185. The molecule has 0 radical (unpaired) electrons. The Morgan fingerprint density at radius 2 is 1.71 bits per heavy atom. The Hall–Kier alpha value is -3.77. The second-order valence-electron chi connectivity index (χ2n) is 8.51. The highest BCUT2D eigenvalue weighted by Gasteiger charge is 2.30. The lowest BCUT2D eigenvalue weighted by Gasteiger charge is -2.17. The second kappa shape index (κ2) is 8.88. The molecule has 4 aromatic rings. The average molecular weight is 475 g/mol. The first-order chi connectivity index (χ1) is 16.4. The van der Waals surface area contributed by atoms with Gasteiger partial charge in [0.05, 0.1) is 5.52 Å². The van der Waals surface area contributed by atoms with E-state index >= 15 is 0 Å². The molecule has 1 aliphatic carbocycles. The predicted molar refractivity (Wildman–Crippen MR) is 131 cm³/mol. The standard InChI is InChI=1S/C27H23ClN2O4/c1-15-10-11-23(28)21-12-16(29-25(15)21)13-24(26(31)32)30-27(33)34-14-22-19-8-4-2-6-17(19)18-7-3-5-9-20(18)22/h2-12,22,24,29H,13-14H2,1H3,(H,30,33)(H,31,32)/t24-/m0/s1. The smallest absolute Gasteiger partial charge is 0.407 e. The van der Waals surface area contributed by atoms with Gasteiger partial charge in [0.15, 0.2) is 0 Å². The van der Waals surface area contributed by atoms with E-state index in [1.54, 1.807) is 6.07 Å². The number of benzene rings is 3. The van der Waals surface area contributed by atoms with E-state index in [1.807, 2.05) is 55.5 Å². The zero-order chi connectivity index (χ0) is 23.8. The molecule has 1 amide bonds. The molecule has 0 aliphatic heterocycles. The largest absolute Gasteiger partial charge is 0.480 e. The molecule has 0 bridgehead atoms. The number of carboxylic acid groups (broad SMARTS) is 1. The van der Waals surface area contributed by atoms with Crippen LogP contribution >= 0.6 is 11.6 Å². The summed E-state index contributed by atoms with van der Waals surface area (Å²) in [6.07, 6.45) is -0.691. The number of carbonyl (C=O) groups is 2. The zero-order valence-electron chi connectivity index (χ0n) is 18.5. The van der Waals surface area contributed by atoms with E-state index < -0.39 is 18.1 Å². The van der Waals surface area contributed by atoms with Crippen molar-refractivity contribution in [1.82, 2.24) is 10.3 Å². The summed E-state index contributed by atoms with van der Waals surface area (Å²) in [5.41, 5.74) is 6.96. The first-order valence-electron chi connectivity index (χ1n) is 11.0. The number of ether oxygens (including phenoxy) is 1. The Kier molecular flexibility index (Phi) is 5.75. The lowest BCUT2D eigenvalue weighted by atomic mass is 9.98. The Bertz CT molecular complexity index is 1330. The molecule has 3 aromatic carbocycles. The lowest BCUT2D eigenvalue weighted by molar-refractivity contribution is -0.139. The number of alkyl carbamates (subject to hydrolysis) is 1. The molecule has 7 heteroatoms. The van der Waals surface area contributed by atoms with Crippen molar-refractivity contribution in [2.45, 2.75) is 25.3 Å². The number of carboxylic acids is 1. The number of amides is 1. The number of H-pyrrole nitrogens is 1. The highest BCUT2D eigenvalue weighted by molar-refractivity contribution is 6.35. The van der Waals surface area contributed by atoms with Crippen molar-refractivity contribution in [1.29, 1.82) is 0 Å². The van der Waals surface area contributed by atoms with Crippen LogP contribution in [0.5, 0.6) is 0 Å². The molecule has 0 unspecified atom stereocenters. The third-order valence-electron chi connectivity index (χ3n) is 6.36. The summed E-state index contributed by atoms with van der Waals surface area (Å²) in [6.45, 7) is 2.07. The van der Waals surface area contributed by atoms with Crippen LogP contribution in [0.2, 0.25) is 5.02 Å². The summed E-state index contributed by atoms with van der Waals surface area (Å²) in [4.78, 5) is 27.7. The summed E-state index contributed by atoms with van der Waals surface area (Å²) < 4.78 is 5.51. The Labute approximate surface area is 201 Å². The van der Waals surface area contributed by atoms with Crippen molar-refractivity contribution in [2.24, 2.45) is 0 Å². The number of rotatable bonds is 6. The van der Waals surface area contributed by atoms with Crippen LogP contribution in [0, 0.1) is 6.92 Å². The molecule has 0 fully saturated rings. The van der Waals surface area contributed by atoms with Gasteiger partial charge in [-0.3, -0.25) is 0 Å². The average Bonchev–Trinajstić information content (AvgIpc) is 3.40. The van der Waals surface area contributed by atoms with Gasteiger partial charge >= 0.3 is 12.1 Å². The molecule has 0 saturated heterocycles. The van der Waals surface area contributed by atoms with Crippen LogP contribution in [0.3, 0.4) is 0 Å². The highest BCUT2D eigenvalue weighted by atomic mass is 35.5. The number of aromatic amines is 1. The zero-order valence-corrected chi connectivity index (χ0v) is 19.2. The summed E-state index contributed by atoms with van der Waals surface area (Å²) in [5, 5.41) is 13.6. The molecule has 34 heavy (non-hydrogen) atoms. The molecule has 0 saturated carbocycles. The van der Waals surface area contributed by atoms with Crippen molar-refractivity contribution >= 4 is 34.6 Å². The lowest BCUT2D eigenvalue weighted by Crippen LogP contribution is -2.43. The molecule has 5 rings (SSSR count). The molecule has 6 nitrogen and oxygen atoms in total. The van der Waals surface area contributed by atoms with E-state index in [0.717, 1.165) is 38.7 Å². The minimum absolute atomic E-state index is 0.0734. The van der Waals surface area contributed by atoms with Crippen LogP contribution < -0.4 is 5.32 Å². The number of halogens is 1. The molecule has 172 valence electrons. The van der Waals surface area contributed by atoms with Gasteiger partial charge in [-0.15, -0.1) is 0 Å². The minimum Gasteiger partial charge on any atom is -0.480 e. The first kappa shape index (κ1) is 22.0. The van der Waals surface area contributed by atoms with Gasteiger partial charge in [0.2, 0.25) is 0 Å². The molecule has 1 aromatic heterocycles. The quantitative estimate of drug-likeness (QED) is 0.336. The van der Waals surface area contributed by atoms with E-state index in [0.29, 0.717) is 10.7 Å². The predicted octanol–water partition coefficient (Wildman–Crippen LogP) is 5.66. The molecule has 0 spiro atoms. The number of aliphatic carboxylic acids is 1. The fourth-order valence-corrected chi connectivity index (χ4v) is 4.91. The number of aromatic nitrogens is 1. The van der Waals surface area contributed by atoms with Gasteiger partial charge in [0.25, 0.3) is 0 Å². The van der Waals surface area contributed by atoms with Crippen molar-refractivity contribution < 1.29 is 19.4 Å². The molecule has 1 heterocycles. The van der Waals surface area contributed by atoms with Gasteiger partial charge in [-0.2, -0.15) is 0 Å². The molecular formula is C27H23ClN2O4. The van der Waals surface area contributed by atoms with E-state index in [-0.39, 0.29) is 18.9 Å². The Balaban J connectivity index is 1.28. The van der Waals surface area contributed by atoms with Crippen LogP contribution in [0.4, 0.5) is 4.79 Å². The van der Waals surface area contributed by atoms with Crippen molar-refractivity contribution in [3.8, 4) is 11.1 Å². The third kappa shape index (κ3) is 4.01. The molecule has 3 N–H and O–H groups in total. The summed E-state index contributed by atoms with van der Waals surface area (Å²) >= 11 is 6.28. The van der Waals surface area contributed by atoms with Gasteiger partial charge in [-0.05, 0) is 46.9 Å². The minimum atomic E-state index is -1.15. The number of hydrogen-bond acceptors (Lipinski definition) is 3. The SMILES string of the molecule is Cc1ccc(Cl)c2cc(C[C@H](NC(=O)OCC3c4ccccc4-c4ccccc43)C(=O)O)[nH]c12. The van der Waals surface area contributed by atoms with E-state index in [1.165, 1.54) is 0 Å². The molecule has 1 atom stereocenters.